The van der Waals surface area contributed by atoms with Gasteiger partial charge in [0, 0.05) is 23.7 Å². The Morgan fingerprint density at radius 1 is 1.39 bits per heavy atom. The van der Waals surface area contributed by atoms with Gasteiger partial charge in [0.15, 0.2) is 0 Å². The molecule has 18 heavy (non-hydrogen) atoms. The molecule has 1 saturated heterocycles. The zero-order valence-corrected chi connectivity index (χ0v) is 11.4. The van der Waals surface area contributed by atoms with Gasteiger partial charge in [-0.05, 0) is 45.2 Å². The van der Waals surface area contributed by atoms with Gasteiger partial charge in [-0.3, -0.25) is 4.90 Å². The number of piperidine rings is 1. The molecule has 1 aliphatic rings. The highest BCUT2D eigenvalue weighted by atomic mass is 19.1. The van der Waals surface area contributed by atoms with Gasteiger partial charge in [-0.15, -0.1) is 0 Å². The van der Waals surface area contributed by atoms with Crippen LogP contribution in [0.2, 0.25) is 0 Å². The largest absolute Gasteiger partial charge is 0.508 e. The van der Waals surface area contributed by atoms with Crippen LogP contribution in [-0.2, 0) is 0 Å². The van der Waals surface area contributed by atoms with E-state index < -0.39 is 0 Å². The minimum Gasteiger partial charge on any atom is -0.508 e. The summed E-state index contributed by atoms with van der Waals surface area (Å²) in [4.78, 5) is 2.40. The first-order valence-corrected chi connectivity index (χ1v) is 6.73. The average molecular weight is 251 g/mol. The summed E-state index contributed by atoms with van der Waals surface area (Å²) in [5.74, 6) is 0.447. The number of phenolic OH excluding ortho intramolecular Hbond substituents is 1. The molecule has 1 heterocycles. The Morgan fingerprint density at radius 2 is 2.11 bits per heavy atom. The van der Waals surface area contributed by atoms with Gasteiger partial charge < -0.3 is 5.11 Å². The monoisotopic (exact) mass is 251 g/mol. The molecule has 1 aromatic rings. The van der Waals surface area contributed by atoms with Crippen LogP contribution >= 0.6 is 0 Å². The second-order valence-electron chi connectivity index (χ2n) is 5.60. The Labute approximate surface area is 108 Å². The Kier molecular flexibility index (Phi) is 3.91. The molecular weight excluding hydrogens is 229 g/mol. The maximum Gasteiger partial charge on any atom is 0.126 e. The molecule has 100 valence electrons. The maximum absolute atomic E-state index is 13.0. The summed E-state index contributed by atoms with van der Waals surface area (Å²) in [6.45, 7) is 7.64. The molecule has 0 radical (unpaired) electrons. The fraction of sp³-hybridized carbons (Fsp3) is 0.600. The molecule has 0 spiro atoms. The molecule has 3 heteroatoms. The molecule has 0 bridgehead atoms. The zero-order valence-electron chi connectivity index (χ0n) is 11.4. The van der Waals surface area contributed by atoms with E-state index in [9.17, 15) is 9.50 Å². The lowest BCUT2D eigenvalue weighted by Crippen LogP contribution is -2.41. The number of hydrogen-bond acceptors (Lipinski definition) is 2. The van der Waals surface area contributed by atoms with E-state index in [0.717, 1.165) is 18.0 Å². The van der Waals surface area contributed by atoms with Crippen molar-refractivity contribution < 1.29 is 9.50 Å². The lowest BCUT2D eigenvalue weighted by atomic mass is 9.91. The maximum atomic E-state index is 13.0. The third-order valence-corrected chi connectivity index (χ3v) is 4.13. The molecule has 0 saturated carbocycles. The highest BCUT2D eigenvalue weighted by molar-refractivity contribution is 5.35. The second kappa shape index (κ2) is 5.27. The Bertz CT molecular complexity index is 421. The Morgan fingerprint density at radius 3 is 2.72 bits per heavy atom. The molecule has 0 aliphatic carbocycles. The normalized spacial score (nSPS) is 27.1. The fourth-order valence-corrected chi connectivity index (χ4v) is 3.05. The predicted octanol–water partition coefficient (Wildman–Crippen LogP) is 3.71. The molecule has 3 unspecified atom stereocenters. The van der Waals surface area contributed by atoms with Crippen LogP contribution in [0.4, 0.5) is 4.39 Å². The number of halogens is 1. The van der Waals surface area contributed by atoms with E-state index in [1.807, 2.05) is 0 Å². The highest BCUT2D eigenvalue weighted by Gasteiger charge is 2.28. The van der Waals surface area contributed by atoms with E-state index in [1.54, 1.807) is 6.07 Å². The first-order chi connectivity index (χ1) is 8.49. The van der Waals surface area contributed by atoms with Crippen molar-refractivity contribution in [2.45, 2.75) is 45.7 Å². The first-order valence-electron chi connectivity index (χ1n) is 6.73. The van der Waals surface area contributed by atoms with E-state index >= 15 is 0 Å². The van der Waals surface area contributed by atoms with Crippen molar-refractivity contribution in [1.82, 2.24) is 4.90 Å². The summed E-state index contributed by atoms with van der Waals surface area (Å²) in [6.07, 6.45) is 2.38. The molecule has 3 atom stereocenters. The number of benzene rings is 1. The van der Waals surface area contributed by atoms with Crippen molar-refractivity contribution in [3.63, 3.8) is 0 Å². The number of rotatable bonds is 2. The van der Waals surface area contributed by atoms with Crippen molar-refractivity contribution in [2.75, 3.05) is 6.54 Å². The number of hydrogen-bond donors (Lipinski definition) is 1. The van der Waals surface area contributed by atoms with Crippen LogP contribution in [-0.4, -0.2) is 22.6 Å². The van der Waals surface area contributed by atoms with Crippen LogP contribution in [0, 0.1) is 11.7 Å². The van der Waals surface area contributed by atoms with E-state index in [0.29, 0.717) is 6.04 Å². The quantitative estimate of drug-likeness (QED) is 0.866. The topological polar surface area (TPSA) is 23.5 Å². The minimum absolute atomic E-state index is 0.0633. The van der Waals surface area contributed by atoms with Crippen molar-refractivity contribution in [1.29, 1.82) is 0 Å². The van der Waals surface area contributed by atoms with Gasteiger partial charge in [-0.2, -0.15) is 0 Å². The van der Waals surface area contributed by atoms with Gasteiger partial charge in [-0.25, -0.2) is 4.39 Å². The van der Waals surface area contributed by atoms with Gasteiger partial charge in [0.2, 0.25) is 0 Å². The lowest BCUT2D eigenvalue weighted by Gasteiger charge is -2.40. The van der Waals surface area contributed by atoms with E-state index in [-0.39, 0.29) is 17.6 Å². The molecule has 2 nitrogen and oxygen atoms in total. The summed E-state index contributed by atoms with van der Waals surface area (Å²) in [5, 5.41) is 9.86. The van der Waals surface area contributed by atoms with Crippen molar-refractivity contribution in [3.05, 3.63) is 29.6 Å². The van der Waals surface area contributed by atoms with Crippen molar-refractivity contribution in [2.24, 2.45) is 5.92 Å². The number of likely N-dealkylation sites (tertiary alicyclic amines) is 1. The van der Waals surface area contributed by atoms with Crippen LogP contribution in [0.5, 0.6) is 5.75 Å². The number of phenols is 1. The van der Waals surface area contributed by atoms with Crippen LogP contribution in [0.3, 0.4) is 0 Å². The van der Waals surface area contributed by atoms with Gasteiger partial charge in [0.25, 0.3) is 0 Å². The van der Waals surface area contributed by atoms with E-state index in [4.69, 9.17) is 0 Å². The smallest absolute Gasteiger partial charge is 0.126 e. The molecule has 2 rings (SSSR count). The third-order valence-electron chi connectivity index (χ3n) is 4.13. The summed E-state index contributed by atoms with van der Waals surface area (Å²) in [5.41, 5.74) is 0.817. The highest BCUT2D eigenvalue weighted by Crippen LogP contribution is 2.34. The van der Waals surface area contributed by atoms with Crippen molar-refractivity contribution >= 4 is 0 Å². The Hall–Kier alpha value is -1.09. The average Bonchev–Trinajstić information content (AvgIpc) is 2.28. The van der Waals surface area contributed by atoms with Gasteiger partial charge in [-0.1, -0.05) is 13.0 Å². The second-order valence-corrected chi connectivity index (χ2v) is 5.60. The predicted molar refractivity (Wildman–Crippen MR) is 71.0 cm³/mol. The van der Waals surface area contributed by atoms with Crippen LogP contribution < -0.4 is 0 Å². The van der Waals surface area contributed by atoms with Gasteiger partial charge in [0.05, 0.1) is 0 Å². The third kappa shape index (κ3) is 2.66. The number of aromatic hydroxyl groups is 1. The standard InChI is InChI=1S/C15H22FNO/c1-10-6-7-17(11(2)8-10)12(3)14-5-4-13(16)9-15(14)18/h4-5,9-12,18H,6-8H2,1-3H3. The summed E-state index contributed by atoms with van der Waals surface area (Å²) >= 11 is 0. The minimum atomic E-state index is -0.385. The molecular formula is C15H22FNO. The fourth-order valence-electron chi connectivity index (χ4n) is 3.05. The zero-order chi connectivity index (χ0) is 13.3. The Balaban J connectivity index is 2.17. The molecule has 1 aliphatic heterocycles. The lowest BCUT2D eigenvalue weighted by molar-refractivity contribution is 0.0882. The van der Waals surface area contributed by atoms with Crippen LogP contribution in [0.25, 0.3) is 0 Å². The molecule has 0 amide bonds. The van der Waals surface area contributed by atoms with Crippen LogP contribution in [0.1, 0.15) is 45.2 Å². The van der Waals surface area contributed by atoms with E-state index in [2.05, 4.69) is 25.7 Å². The molecule has 1 N–H and O–H groups in total. The van der Waals surface area contributed by atoms with Gasteiger partial charge in [0.1, 0.15) is 11.6 Å². The van der Waals surface area contributed by atoms with Crippen LogP contribution in [0.15, 0.2) is 18.2 Å². The SMILES string of the molecule is CC1CCN(C(C)c2ccc(F)cc2O)C(C)C1. The summed E-state index contributed by atoms with van der Waals surface area (Å²) in [7, 11) is 0. The van der Waals surface area contributed by atoms with E-state index in [1.165, 1.54) is 25.0 Å². The van der Waals surface area contributed by atoms with Gasteiger partial charge >= 0.3 is 0 Å². The molecule has 1 aromatic carbocycles. The summed E-state index contributed by atoms with van der Waals surface area (Å²) < 4.78 is 13.0. The van der Waals surface area contributed by atoms with Crippen molar-refractivity contribution in [3.8, 4) is 5.75 Å². The first kappa shape index (κ1) is 13.3. The molecule has 1 fully saturated rings. The summed E-state index contributed by atoms with van der Waals surface area (Å²) in [6, 6.07) is 4.95. The number of nitrogens with zero attached hydrogens (tertiary/aromatic N) is 1. The molecule has 0 aromatic heterocycles.